The van der Waals surface area contributed by atoms with Crippen molar-refractivity contribution >= 4 is 29.2 Å². The lowest BCUT2D eigenvalue weighted by Gasteiger charge is -2.10. The molecule has 3 aromatic rings. The number of hydrogen-bond acceptors (Lipinski definition) is 3. The van der Waals surface area contributed by atoms with Crippen LogP contribution in [0.5, 0.6) is 5.75 Å². The van der Waals surface area contributed by atoms with Gasteiger partial charge in [-0.15, -0.1) is 0 Å². The maximum atomic E-state index is 12.3. The molecule has 0 spiro atoms. The van der Waals surface area contributed by atoms with Crippen molar-refractivity contribution in [2.45, 2.75) is 6.61 Å². The van der Waals surface area contributed by atoms with Crippen molar-refractivity contribution in [3.63, 3.8) is 0 Å². The molecular weight excluding hydrogens is 366 g/mol. The van der Waals surface area contributed by atoms with Crippen molar-refractivity contribution in [3.05, 3.63) is 94.5 Å². The van der Waals surface area contributed by atoms with Gasteiger partial charge in [0.05, 0.1) is 5.56 Å². The number of carbonyl (C=O) groups excluding carboxylic acids is 1. The summed E-state index contributed by atoms with van der Waals surface area (Å²) in [6.07, 6.45) is 0. The van der Waals surface area contributed by atoms with Gasteiger partial charge in [0.25, 0.3) is 5.91 Å². The predicted octanol–water partition coefficient (Wildman–Crippen LogP) is 4.87. The third kappa shape index (κ3) is 4.86. The molecule has 5 nitrogen and oxygen atoms in total. The summed E-state index contributed by atoms with van der Waals surface area (Å²) in [6.45, 7) is 0.124. The standard InChI is InChI=1S/C21H16ClNO4/c22-16-7-9-17(10-8-16)23-20(24)14-5-11-18(12-6-14)27-13-15-3-1-2-4-19(15)21(25)26/h1-12H,13H2,(H,23,24)(H,25,26). The number of amides is 1. The van der Waals surface area contributed by atoms with E-state index >= 15 is 0 Å². The molecule has 0 aliphatic carbocycles. The lowest BCUT2D eigenvalue weighted by atomic mass is 10.1. The molecule has 0 heterocycles. The summed E-state index contributed by atoms with van der Waals surface area (Å²) in [6, 6.07) is 20.1. The Morgan fingerprint density at radius 2 is 1.59 bits per heavy atom. The minimum absolute atomic E-state index is 0.124. The summed E-state index contributed by atoms with van der Waals surface area (Å²) in [5, 5.41) is 12.6. The Morgan fingerprint density at radius 3 is 2.26 bits per heavy atom. The van der Waals surface area contributed by atoms with Gasteiger partial charge in [-0.25, -0.2) is 4.79 Å². The smallest absolute Gasteiger partial charge is 0.336 e. The van der Waals surface area contributed by atoms with E-state index in [1.807, 2.05) is 0 Å². The number of ether oxygens (including phenoxy) is 1. The second-order valence-electron chi connectivity index (χ2n) is 5.74. The molecule has 0 saturated carbocycles. The molecule has 0 saturated heterocycles. The normalized spacial score (nSPS) is 10.3. The van der Waals surface area contributed by atoms with E-state index in [2.05, 4.69) is 5.32 Å². The van der Waals surface area contributed by atoms with E-state index in [-0.39, 0.29) is 18.1 Å². The first-order valence-corrected chi connectivity index (χ1v) is 8.52. The SMILES string of the molecule is O=C(Nc1ccc(Cl)cc1)c1ccc(OCc2ccccc2C(=O)O)cc1. The van der Waals surface area contributed by atoms with E-state index in [1.165, 1.54) is 6.07 Å². The number of aromatic carboxylic acids is 1. The number of benzene rings is 3. The Bertz CT molecular complexity index is 953. The van der Waals surface area contributed by atoms with Crippen molar-refractivity contribution in [1.82, 2.24) is 0 Å². The zero-order valence-corrected chi connectivity index (χ0v) is 14.9. The molecule has 0 aliphatic rings. The highest BCUT2D eigenvalue weighted by Gasteiger charge is 2.10. The molecule has 3 rings (SSSR count). The third-order valence-electron chi connectivity index (χ3n) is 3.86. The molecule has 2 N–H and O–H groups in total. The van der Waals surface area contributed by atoms with E-state index in [9.17, 15) is 14.7 Å². The van der Waals surface area contributed by atoms with Crippen molar-refractivity contribution in [1.29, 1.82) is 0 Å². The van der Waals surface area contributed by atoms with Crippen LogP contribution in [0.2, 0.25) is 5.02 Å². The second-order valence-corrected chi connectivity index (χ2v) is 6.17. The average molecular weight is 382 g/mol. The van der Waals surface area contributed by atoms with E-state index in [0.717, 1.165) is 0 Å². The highest BCUT2D eigenvalue weighted by Crippen LogP contribution is 2.18. The van der Waals surface area contributed by atoms with Gasteiger partial charge in [-0.05, 0) is 54.6 Å². The Hall–Kier alpha value is -3.31. The fourth-order valence-electron chi connectivity index (χ4n) is 2.45. The van der Waals surface area contributed by atoms with Gasteiger partial charge in [-0.3, -0.25) is 4.79 Å². The van der Waals surface area contributed by atoms with Crippen LogP contribution in [-0.4, -0.2) is 17.0 Å². The number of anilines is 1. The lowest BCUT2D eigenvalue weighted by molar-refractivity contribution is 0.0693. The molecule has 0 unspecified atom stereocenters. The van der Waals surface area contributed by atoms with Crippen LogP contribution < -0.4 is 10.1 Å². The molecular formula is C21H16ClNO4. The monoisotopic (exact) mass is 381 g/mol. The lowest BCUT2D eigenvalue weighted by Crippen LogP contribution is -2.11. The quantitative estimate of drug-likeness (QED) is 0.638. The van der Waals surface area contributed by atoms with Gasteiger partial charge in [0.15, 0.2) is 0 Å². The fourth-order valence-corrected chi connectivity index (χ4v) is 2.58. The number of rotatable bonds is 6. The van der Waals surface area contributed by atoms with Crippen LogP contribution in [0.1, 0.15) is 26.3 Å². The van der Waals surface area contributed by atoms with Crippen LogP contribution in [0.15, 0.2) is 72.8 Å². The number of carboxylic acid groups (broad SMARTS) is 1. The second kappa shape index (κ2) is 8.38. The van der Waals surface area contributed by atoms with Gasteiger partial charge in [0.1, 0.15) is 12.4 Å². The molecule has 6 heteroatoms. The highest BCUT2D eigenvalue weighted by atomic mass is 35.5. The van der Waals surface area contributed by atoms with Crippen LogP contribution in [-0.2, 0) is 6.61 Å². The first-order valence-electron chi connectivity index (χ1n) is 8.14. The van der Waals surface area contributed by atoms with E-state index < -0.39 is 5.97 Å². The number of carbonyl (C=O) groups is 2. The molecule has 0 fully saturated rings. The Morgan fingerprint density at radius 1 is 0.926 bits per heavy atom. The van der Waals surface area contributed by atoms with Crippen LogP contribution in [0.25, 0.3) is 0 Å². The van der Waals surface area contributed by atoms with Crippen molar-refractivity contribution in [2.75, 3.05) is 5.32 Å². The minimum Gasteiger partial charge on any atom is -0.489 e. The van der Waals surface area contributed by atoms with Crippen LogP contribution >= 0.6 is 11.6 Å². The van der Waals surface area contributed by atoms with Crippen LogP contribution in [0.3, 0.4) is 0 Å². The van der Waals surface area contributed by atoms with E-state index in [4.69, 9.17) is 16.3 Å². The van der Waals surface area contributed by atoms with Crippen molar-refractivity contribution < 1.29 is 19.4 Å². The molecule has 3 aromatic carbocycles. The van der Waals surface area contributed by atoms with Gasteiger partial charge >= 0.3 is 5.97 Å². The fraction of sp³-hybridized carbons (Fsp3) is 0.0476. The summed E-state index contributed by atoms with van der Waals surface area (Å²) >= 11 is 5.82. The molecule has 0 atom stereocenters. The molecule has 0 bridgehead atoms. The largest absolute Gasteiger partial charge is 0.489 e. The molecule has 0 aromatic heterocycles. The van der Waals surface area contributed by atoms with Gasteiger partial charge in [0.2, 0.25) is 0 Å². The maximum absolute atomic E-state index is 12.3. The molecule has 0 aliphatic heterocycles. The summed E-state index contributed by atoms with van der Waals surface area (Å²) < 4.78 is 5.64. The van der Waals surface area contributed by atoms with Crippen molar-refractivity contribution in [2.24, 2.45) is 0 Å². The highest BCUT2D eigenvalue weighted by molar-refractivity contribution is 6.30. The predicted molar refractivity (Wildman–Crippen MR) is 104 cm³/mol. The first-order chi connectivity index (χ1) is 13.0. The van der Waals surface area contributed by atoms with E-state index in [0.29, 0.717) is 27.6 Å². The molecule has 1 amide bonds. The van der Waals surface area contributed by atoms with Crippen LogP contribution in [0.4, 0.5) is 5.69 Å². The molecule has 0 radical (unpaired) electrons. The molecule has 136 valence electrons. The van der Waals surface area contributed by atoms with Crippen LogP contribution in [0, 0.1) is 0 Å². The number of halogens is 1. The minimum atomic E-state index is -0.997. The summed E-state index contributed by atoms with van der Waals surface area (Å²) in [4.78, 5) is 23.5. The number of hydrogen-bond donors (Lipinski definition) is 2. The van der Waals surface area contributed by atoms with Gasteiger partial charge < -0.3 is 15.2 Å². The average Bonchev–Trinajstić information content (AvgIpc) is 2.68. The van der Waals surface area contributed by atoms with Crippen molar-refractivity contribution in [3.8, 4) is 5.75 Å². The number of carboxylic acids is 1. The Kier molecular flexibility index (Phi) is 5.74. The van der Waals surface area contributed by atoms with Gasteiger partial charge in [-0.2, -0.15) is 0 Å². The zero-order chi connectivity index (χ0) is 19.2. The summed E-state index contributed by atoms with van der Waals surface area (Å²) in [7, 11) is 0. The Labute approximate surface area is 161 Å². The summed E-state index contributed by atoms with van der Waals surface area (Å²) in [5.74, 6) is -0.707. The summed E-state index contributed by atoms with van der Waals surface area (Å²) in [5.41, 5.74) is 1.91. The number of nitrogens with one attached hydrogen (secondary N) is 1. The first kappa shape index (κ1) is 18.5. The van der Waals surface area contributed by atoms with E-state index in [1.54, 1.807) is 66.7 Å². The topological polar surface area (TPSA) is 75.6 Å². The third-order valence-corrected chi connectivity index (χ3v) is 4.11. The van der Waals surface area contributed by atoms with Gasteiger partial charge in [-0.1, -0.05) is 29.8 Å². The molecule has 27 heavy (non-hydrogen) atoms. The maximum Gasteiger partial charge on any atom is 0.336 e. The zero-order valence-electron chi connectivity index (χ0n) is 14.2. The Balaban J connectivity index is 1.62. The van der Waals surface area contributed by atoms with Gasteiger partial charge in [0, 0.05) is 21.8 Å².